The van der Waals surface area contributed by atoms with Crippen molar-refractivity contribution in [1.29, 1.82) is 0 Å². The van der Waals surface area contributed by atoms with Crippen LogP contribution in [0.5, 0.6) is 0 Å². The summed E-state index contributed by atoms with van der Waals surface area (Å²) in [7, 11) is 4.12. The van der Waals surface area contributed by atoms with Gasteiger partial charge in [0.25, 0.3) is 0 Å². The molecule has 1 saturated heterocycles. The van der Waals surface area contributed by atoms with E-state index in [-0.39, 0.29) is 17.5 Å². The molecular formula is C12H25N3O. The first-order chi connectivity index (χ1) is 7.32. The summed E-state index contributed by atoms with van der Waals surface area (Å²) in [6.07, 6.45) is 1.04. The van der Waals surface area contributed by atoms with Crippen LogP contribution >= 0.6 is 0 Å². The molecule has 1 rings (SSSR count). The normalized spacial score (nSPS) is 25.2. The van der Waals surface area contributed by atoms with Crippen LogP contribution in [0, 0.1) is 0 Å². The molecule has 0 aliphatic carbocycles. The summed E-state index contributed by atoms with van der Waals surface area (Å²) in [4.78, 5) is 16.1. The average Bonchev–Trinajstić information content (AvgIpc) is 2.11. The Morgan fingerprint density at radius 3 is 2.69 bits per heavy atom. The lowest BCUT2D eigenvalue weighted by Gasteiger charge is -2.42. The van der Waals surface area contributed by atoms with Crippen molar-refractivity contribution in [1.82, 2.24) is 15.1 Å². The third-order valence-corrected chi connectivity index (χ3v) is 2.91. The summed E-state index contributed by atoms with van der Waals surface area (Å²) in [6, 6.07) is -0.0527. The first-order valence-corrected chi connectivity index (χ1v) is 6.03. The fourth-order valence-electron chi connectivity index (χ4n) is 2.29. The number of nitrogens with one attached hydrogen (secondary N) is 1. The van der Waals surface area contributed by atoms with Crippen LogP contribution < -0.4 is 5.32 Å². The van der Waals surface area contributed by atoms with Crippen molar-refractivity contribution >= 4 is 5.91 Å². The van der Waals surface area contributed by atoms with Crippen LogP contribution in [-0.4, -0.2) is 61.0 Å². The standard InChI is InChI=1S/C12H25N3O/c1-10-11(16)15(8-6-7-14(4)5)9-12(2,3)13-10/h10,13H,6-9H2,1-5H3. The van der Waals surface area contributed by atoms with Gasteiger partial charge in [0.1, 0.15) is 0 Å². The number of piperazine rings is 1. The summed E-state index contributed by atoms with van der Waals surface area (Å²) in [5.74, 6) is 0.234. The van der Waals surface area contributed by atoms with Gasteiger partial charge in [-0.05, 0) is 47.8 Å². The number of carbonyl (C=O) groups excluding carboxylic acids is 1. The highest BCUT2D eigenvalue weighted by atomic mass is 16.2. The number of nitrogens with zero attached hydrogens (tertiary/aromatic N) is 2. The van der Waals surface area contributed by atoms with Crippen LogP contribution in [0.25, 0.3) is 0 Å². The van der Waals surface area contributed by atoms with Crippen molar-refractivity contribution in [3.05, 3.63) is 0 Å². The van der Waals surface area contributed by atoms with E-state index in [1.165, 1.54) is 0 Å². The predicted octanol–water partition coefficient (Wildman–Crippen LogP) is 0.537. The van der Waals surface area contributed by atoms with Gasteiger partial charge in [0.05, 0.1) is 6.04 Å². The van der Waals surface area contributed by atoms with Gasteiger partial charge in [-0.25, -0.2) is 0 Å². The van der Waals surface area contributed by atoms with E-state index in [1.54, 1.807) is 0 Å². The van der Waals surface area contributed by atoms with Gasteiger partial charge < -0.3 is 9.80 Å². The number of rotatable bonds is 4. The molecule has 0 aromatic carbocycles. The zero-order chi connectivity index (χ0) is 12.3. The molecular weight excluding hydrogens is 202 g/mol. The van der Waals surface area contributed by atoms with Gasteiger partial charge in [0.2, 0.25) is 5.91 Å². The Balaban J connectivity index is 2.47. The van der Waals surface area contributed by atoms with Crippen molar-refractivity contribution < 1.29 is 4.79 Å². The minimum absolute atomic E-state index is 0.0332. The molecule has 1 aliphatic heterocycles. The maximum absolute atomic E-state index is 11.9. The minimum atomic E-state index is -0.0527. The Bertz CT molecular complexity index is 251. The summed E-state index contributed by atoms with van der Waals surface area (Å²) < 4.78 is 0. The molecule has 0 spiro atoms. The van der Waals surface area contributed by atoms with Gasteiger partial charge in [0.15, 0.2) is 0 Å². The lowest BCUT2D eigenvalue weighted by atomic mass is 9.98. The van der Waals surface area contributed by atoms with Crippen molar-refractivity contribution in [3.63, 3.8) is 0 Å². The van der Waals surface area contributed by atoms with Gasteiger partial charge in [0, 0.05) is 18.6 Å². The molecule has 94 valence electrons. The van der Waals surface area contributed by atoms with Gasteiger partial charge >= 0.3 is 0 Å². The Labute approximate surface area is 99.0 Å². The maximum Gasteiger partial charge on any atom is 0.239 e. The van der Waals surface area contributed by atoms with Gasteiger partial charge in [-0.15, -0.1) is 0 Å². The van der Waals surface area contributed by atoms with E-state index in [2.05, 4.69) is 38.2 Å². The monoisotopic (exact) mass is 227 g/mol. The fourth-order valence-corrected chi connectivity index (χ4v) is 2.29. The number of hydrogen-bond acceptors (Lipinski definition) is 3. The maximum atomic E-state index is 11.9. The molecule has 1 aliphatic rings. The van der Waals surface area contributed by atoms with Crippen LogP contribution in [0.3, 0.4) is 0 Å². The average molecular weight is 227 g/mol. The molecule has 1 N–H and O–H groups in total. The highest BCUT2D eigenvalue weighted by molar-refractivity contribution is 5.82. The lowest BCUT2D eigenvalue weighted by molar-refractivity contribution is -0.138. The van der Waals surface area contributed by atoms with E-state index < -0.39 is 0 Å². The van der Waals surface area contributed by atoms with Crippen LogP contribution in [0.4, 0.5) is 0 Å². The van der Waals surface area contributed by atoms with Gasteiger partial charge in [-0.1, -0.05) is 0 Å². The SMILES string of the molecule is CC1NC(C)(C)CN(CCCN(C)C)C1=O. The Morgan fingerprint density at radius 2 is 2.12 bits per heavy atom. The highest BCUT2D eigenvalue weighted by Crippen LogP contribution is 2.15. The Morgan fingerprint density at radius 1 is 1.50 bits per heavy atom. The van der Waals surface area contributed by atoms with Gasteiger partial charge in [-0.3, -0.25) is 10.1 Å². The second-order valence-electron chi connectivity index (χ2n) is 5.67. The van der Waals surface area contributed by atoms with Crippen LogP contribution in [-0.2, 0) is 4.79 Å². The topological polar surface area (TPSA) is 35.6 Å². The van der Waals surface area contributed by atoms with Crippen molar-refractivity contribution in [2.75, 3.05) is 33.7 Å². The second-order valence-corrected chi connectivity index (χ2v) is 5.67. The number of amides is 1. The molecule has 4 heteroatoms. The molecule has 16 heavy (non-hydrogen) atoms. The molecule has 4 nitrogen and oxygen atoms in total. The minimum Gasteiger partial charge on any atom is -0.339 e. The van der Waals surface area contributed by atoms with Crippen molar-refractivity contribution in [2.45, 2.75) is 38.8 Å². The zero-order valence-electron chi connectivity index (χ0n) is 11.2. The molecule has 1 fully saturated rings. The van der Waals surface area contributed by atoms with Gasteiger partial charge in [-0.2, -0.15) is 0 Å². The smallest absolute Gasteiger partial charge is 0.239 e. The fraction of sp³-hybridized carbons (Fsp3) is 0.917. The Kier molecular flexibility index (Phi) is 4.33. The summed E-state index contributed by atoms with van der Waals surface area (Å²) >= 11 is 0. The van der Waals surface area contributed by atoms with E-state index in [4.69, 9.17) is 0 Å². The summed E-state index contributed by atoms with van der Waals surface area (Å²) in [6.45, 7) is 8.95. The predicted molar refractivity (Wildman–Crippen MR) is 66.4 cm³/mol. The van der Waals surface area contributed by atoms with Crippen molar-refractivity contribution in [2.24, 2.45) is 0 Å². The van der Waals surface area contributed by atoms with E-state index in [9.17, 15) is 4.79 Å². The number of carbonyl (C=O) groups is 1. The van der Waals surface area contributed by atoms with E-state index in [0.29, 0.717) is 0 Å². The quantitative estimate of drug-likeness (QED) is 0.761. The molecule has 0 radical (unpaired) electrons. The molecule has 0 aromatic rings. The largest absolute Gasteiger partial charge is 0.339 e. The third kappa shape index (κ3) is 3.76. The lowest BCUT2D eigenvalue weighted by Crippen LogP contribution is -2.64. The van der Waals surface area contributed by atoms with Crippen LogP contribution in [0.2, 0.25) is 0 Å². The first-order valence-electron chi connectivity index (χ1n) is 6.03. The molecule has 0 bridgehead atoms. The Hall–Kier alpha value is -0.610. The second kappa shape index (κ2) is 5.15. The first kappa shape index (κ1) is 13.5. The molecule has 0 saturated carbocycles. The zero-order valence-corrected chi connectivity index (χ0v) is 11.2. The van der Waals surface area contributed by atoms with E-state index >= 15 is 0 Å². The van der Waals surface area contributed by atoms with E-state index in [1.807, 2.05) is 11.8 Å². The molecule has 1 amide bonds. The van der Waals surface area contributed by atoms with Crippen LogP contribution in [0.15, 0.2) is 0 Å². The van der Waals surface area contributed by atoms with Crippen LogP contribution in [0.1, 0.15) is 27.2 Å². The van der Waals surface area contributed by atoms with Crippen molar-refractivity contribution in [3.8, 4) is 0 Å². The molecule has 1 unspecified atom stereocenters. The molecule has 1 heterocycles. The highest BCUT2D eigenvalue weighted by Gasteiger charge is 2.34. The molecule has 0 aromatic heterocycles. The summed E-state index contributed by atoms with van der Waals surface area (Å²) in [5.41, 5.74) is 0.0332. The molecule has 1 atom stereocenters. The third-order valence-electron chi connectivity index (χ3n) is 2.91. The van der Waals surface area contributed by atoms with E-state index in [0.717, 1.165) is 26.1 Å². The summed E-state index contributed by atoms with van der Waals surface area (Å²) in [5, 5.41) is 3.33. The number of hydrogen-bond donors (Lipinski definition) is 1.